The van der Waals surface area contributed by atoms with Crippen molar-refractivity contribution in [3.8, 4) is 0 Å². The first-order valence-corrected chi connectivity index (χ1v) is 12.0. The summed E-state index contributed by atoms with van der Waals surface area (Å²) in [7, 11) is -2.95. The normalized spacial score (nSPS) is 16.7. The Hall–Kier alpha value is -0.910. The second-order valence-electron chi connectivity index (χ2n) is 7.36. The molecule has 2 N–H and O–H groups in total. The monoisotopic (exact) mass is 538 g/mol. The number of sulfone groups is 1. The van der Waals surface area contributed by atoms with Crippen LogP contribution in [-0.2, 0) is 27.7 Å². The first-order chi connectivity index (χ1) is 13.4. The highest BCUT2D eigenvalue weighted by atomic mass is 127. The molecule has 1 aliphatic heterocycles. The van der Waals surface area contributed by atoms with Crippen molar-refractivity contribution in [3.05, 3.63) is 35.4 Å². The zero-order valence-electron chi connectivity index (χ0n) is 17.7. The Balaban J connectivity index is 0.00000420. The van der Waals surface area contributed by atoms with Gasteiger partial charge in [-0.3, -0.25) is 4.90 Å². The largest absolute Gasteiger partial charge is 0.379 e. The molecule has 1 aromatic carbocycles. The molecule has 29 heavy (non-hydrogen) atoms. The van der Waals surface area contributed by atoms with Gasteiger partial charge in [0.2, 0.25) is 0 Å². The molecule has 1 aromatic rings. The maximum atomic E-state index is 11.3. The number of hydrogen-bond donors (Lipinski definition) is 2. The standard InChI is InChI=1S/C20H34N4O3S.HI/c1-4-21-20(23-17(2)9-14-28(3,25)26)22-15-18-5-7-19(8-6-18)16-24-10-12-27-13-11-24;/h5-8,17H,4,9-16H2,1-3H3,(H2,21,22,23);1H. The van der Waals surface area contributed by atoms with Gasteiger partial charge in [-0.25, -0.2) is 13.4 Å². The molecular weight excluding hydrogens is 503 g/mol. The molecule has 1 aliphatic rings. The summed E-state index contributed by atoms with van der Waals surface area (Å²) in [5.41, 5.74) is 2.45. The Labute approximate surface area is 192 Å². The third-order valence-electron chi connectivity index (χ3n) is 4.60. The summed E-state index contributed by atoms with van der Waals surface area (Å²) >= 11 is 0. The number of morpholine rings is 1. The number of nitrogens with zero attached hydrogens (tertiary/aromatic N) is 2. The zero-order chi connectivity index (χ0) is 20.4. The van der Waals surface area contributed by atoms with Gasteiger partial charge in [0.05, 0.1) is 25.5 Å². The van der Waals surface area contributed by atoms with Crippen LogP contribution in [0.3, 0.4) is 0 Å². The molecule has 0 aromatic heterocycles. The number of aliphatic imine (C=N–C) groups is 1. The minimum atomic E-state index is -2.95. The Morgan fingerprint density at radius 2 is 1.83 bits per heavy atom. The molecule has 0 radical (unpaired) electrons. The summed E-state index contributed by atoms with van der Waals surface area (Å²) < 4.78 is 28.0. The molecule has 1 fully saturated rings. The van der Waals surface area contributed by atoms with Gasteiger partial charge in [-0.15, -0.1) is 24.0 Å². The summed E-state index contributed by atoms with van der Waals surface area (Å²) in [4.78, 5) is 7.04. The summed E-state index contributed by atoms with van der Waals surface area (Å²) in [5, 5.41) is 6.50. The Morgan fingerprint density at radius 3 is 2.41 bits per heavy atom. The molecule has 0 saturated carbocycles. The lowest BCUT2D eigenvalue weighted by atomic mass is 10.1. The van der Waals surface area contributed by atoms with Gasteiger partial charge in [-0.2, -0.15) is 0 Å². The van der Waals surface area contributed by atoms with Crippen LogP contribution >= 0.6 is 24.0 Å². The molecule has 0 aliphatic carbocycles. The SMILES string of the molecule is CCNC(=NCc1ccc(CN2CCOCC2)cc1)NC(C)CCS(C)(=O)=O.I. The highest BCUT2D eigenvalue weighted by Crippen LogP contribution is 2.10. The van der Waals surface area contributed by atoms with Gasteiger partial charge in [0.25, 0.3) is 0 Å². The van der Waals surface area contributed by atoms with Crippen LogP contribution < -0.4 is 10.6 Å². The molecule has 1 unspecified atom stereocenters. The van der Waals surface area contributed by atoms with Crippen LogP contribution in [0.1, 0.15) is 31.4 Å². The Kier molecular flexibility index (Phi) is 12.1. The molecule has 1 heterocycles. The molecule has 0 bridgehead atoms. The van der Waals surface area contributed by atoms with E-state index in [4.69, 9.17) is 4.74 Å². The summed E-state index contributed by atoms with van der Waals surface area (Å²) in [5.74, 6) is 0.881. The van der Waals surface area contributed by atoms with Crippen molar-refractivity contribution < 1.29 is 13.2 Å². The van der Waals surface area contributed by atoms with Gasteiger partial charge < -0.3 is 15.4 Å². The van der Waals surface area contributed by atoms with Crippen molar-refractivity contribution >= 4 is 39.8 Å². The number of guanidine groups is 1. The van der Waals surface area contributed by atoms with E-state index in [0.717, 1.165) is 45.0 Å². The molecule has 7 nitrogen and oxygen atoms in total. The van der Waals surface area contributed by atoms with Crippen LogP contribution in [-0.4, -0.2) is 70.2 Å². The summed E-state index contributed by atoms with van der Waals surface area (Å²) in [6.07, 6.45) is 1.82. The predicted molar refractivity (Wildman–Crippen MR) is 130 cm³/mol. The first-order valence-electron chi connectivity index (χ1n) is 9.96. The predicted octanol–water partition coefficient (Wildman–Crippen LogP) is 2.02. The van der Waals surface area contributed by atoms with Crippen molar-refractivity contribution in [1.82, 2.24) is 15.5 Å². The van der Waals surface area contributed by atoms with Gasteiger partial charge in [0.1, 0.15) is 9.84 Å². The van der Waals surface area contributed by atoms with E-state index in [2.05, 4.69) is 44.8 Å². The second kappa shape index (κ2) is 13.4. The molecule has 1 saturated heterocycles. The van der Waals surface area contributed by atoms with Crippen molar-refractivity contribution in [2.24, 2.45) is 4.99 Å². The van der Waals surface area contributed by atoms with Crippen LogP contribution in [0.5, 0.6) is 0 Å². The van der Waals surface area contributed by atoms with Crippen molar-refractivity contribution in [1.29, 1.82) is 0 Å². The average molecular weight is 538 g/mol. The van der Waals surface area contributed by atoms with E-state index in [-0.39, 0.29) is 35.8 Å². The lowest BCUT2D eigenvalue weighted by molar-refractivity contribution is 0.0342. The van der Waals surface area contributed by atoms with Gasteiger partial charge >= 0.3 is 0 Å². The fourth-order valence-corrected chi connectivity index (χ4v) is 3.74. The number of rotatable bonds is 9. The van der Waals surface area contributed by atoms with Crippen LogP contribution in [0.15, 0.2) is 29.3 Å². The molecule has 0 spiro atoms. The van der Waals surface area contributed by atoms with Crippen LogP contribution in [0.4, 0.5) is 0 Å². The number of nitrogens with one attached hydrogen (secondary N) is 2. The topological polar surface area (TPSA) is 83.0 Å². The number of benzene rings is 1. The van der Waals surface area contributed by atoms with Crippen LogP contribution in [0.25, 0.3) is 0 Å². The van der Waals surface area contributed by atoms with Crippen LogP contribution in [0.2, 0.25) is 0 Å². The van der Waals surface area contributed by atoms with Gasteiger partial charge in [-0.1, -0.05) is 24.3 Å². The number of ether oxygens (including phenoxy) is 1. The molecule has 1 atom stereocenters. The highest BCUT2D eigenvalue weighted by molar-refractivity contribution is 14.0. The van der Waals surface area contributed by atoms with Crippen molar-refractivity contribution in [2.45, 2.75) is 39.4 Å². The molecule has 166 valence electrons. The minimum Gasteiger partial charge on any atom is -0.379 e. The van der Waals surface area contributed by atoms with E-state index in [1.165, 1.54) is 11.8 Å². The van der Waals surface area contributed by atoms with Gasteiger partial charge in [0.15, 0.2) is 5.96 Å². The van der Waals surface area contributed by atoms with Gasteiger partial charge in [-0.05, 0) is 31.4 Å². The fraction of sp³-hybridized carbons (Fsp3) is 0.650. The summed E-state index contributed by atoms with van der Waals surface area (Å²) in [6.45, 7) is 9.87. The second-order valence-corrected chi connectivity index (χ2v) is 9.62. The summed E-state index contributed by atoms with van der Waals surface area (Å²) in [6, 6.07) is 8.60. The minimum absolute atomic E-state index is 0. The average Bonchev–Trinajstić information content (AvgIpc) is 2.66. The molecule has 2 rings (SSSR count). The van der Waals surface area contributed by atoms with Crippen molar-refractivity contribution in [2.75, 3.05) is 44.9 Å². The smallest absolute Gasteiger partial charge is 0.191 e. The zero-order valence-corrected chi connectivity index (χ0v) is 20.8. The van der Waals surface area contributed by atoms with E-state index in [0.29, 0.717) is 18.9 Å². The lowest BCUT2D eigenvalue weighted by Gasteiger charge is -2.26. The van der Waals surface area contributed by atoms with Gasteiger partial charge in [0, 0.05) is 38.5 Å². The van der Waals surface area contributed by atoms with E-state index in [1.807, 2.05) is 13.8 Å². The quantitative estimate of drug-likeness (QED) is 0.285. The van der Waals surface area contributed by atoms with E-state index in [9.17, 15) is 8.42 Å². The Morgan fingerprint density at radius 1 is 1.21 bits per heavy atom. The van der Waals surface area contributed by atoms with E-state index in [1.54, 1.807) is 0 Å². The Bertz CT molecular complexity index is 720. The van der Waals surface area contributed by atoms with E-state index >= 15 is 0 Å². The first kappa shape index (κ1) is 26.1. The highest BCUT2D eigenvalue weighted by Gasteiger charge is 2.11. The maximum Gasteiger partial charge on any atom is 0.191 e. The molecular formula is C20H35IN4O3S. The lowest BCUT2D eigenvalue weighted by Crippen LogP contribution is -2.42. The number of hydrogen-bond acceptors (Lipinski definition) is 5. The fourth-order valence-electron chi connectivity index (χ4n) is 2.95. The molecule has 9 heteroatoms. The van der Waals surface area contributed by atoms with Crippen molar-refractivity contribution in [3.63, 3.8) is 0 Å². The van der Waals surface area contributed by atoms with E-state index < -0.39 is 9.84 Å². The third-order valence-corrected chi connectivity index (χ3v) is 5.58. The van der Waals surface area contributed by atoms with Crippen LogP contribution in [0, 0.1) is 0 Å². The number of halogens is 1. The maximum absolute atomic E-state index is 11.3. The third kappa shape index (κ3) is 11.2. The molecule has 0 amide bonds.